The van der Waals surface area contributed by atoms with Crippen molar-refractivity contribution in [3.63, 3.8) is 0 Å². The van der Waals surface area contributed by atoms with Crippen molar-refractivity contribution in [3.05, 3.63) is 12.1 Å². The van der Waals surface area contributed by atoms with Crippen LogP contribution in [0.1, 0.15) is 51.9 Å². The minimum Gasteiger partial charge on any atom is -0.477 e. The fraction of sp³-hybridized carbons (Fsp3) is 0.818. The average molecular weight is 670 g/mol. The maximum atomic E-state index is 13.9. The van der Waals surface area contributed by atoms with E-state index < -0.39 is 66.5 Å². The molecule has 0 aliphatic heterocycles. The maximum Gasteiger partial charge on any atom is 0.460 e. The highest BCUT2D eigenvalue weighted by Gasteiger charge is 2.95. The second-order valence-corrected chi connectivity index (χ2v) is 9.07. The standard InChI is InChI=1S/C22H23F17N2O2/c1-2-3-4-5-6-7-11-42-13-8-9-14(41-40-13)43-12-10-15(23,24)16(25,26)17(27,28)18(29,30)19(31,32)20(33,34)21(35,36)22(37,38)39/h8-9H,2-7,10-12H2,1H3. The van der Waals surface area contributed by atoms with Crippen molar-refractivity contribution in [2.45, 2.75) is 99.5 Å². The fourth-order valence-corrected chi connectivity index (χ4v) is 3.16. The van der Waals surface area contributed by atoms with Crippen molar-refractivity contribution in [1.29, 1.82) is 0 Å². The number of alkyl halides is 17. The second-order valence-electron chi connectivity index (χ2n) is 9.07. The average Bonchev–Trinajstić information content (AvgIpc) is 2.87. The summed E-state index contributed by atoms with van der Waals surface area (Å²) < 4.78 is 236. The van der Waals surface area contributed by atoms with Crippen LogP contribution in [0.3, 0.4) is 0 Å². The number of hydrogen-bond acceptors (Lipinski definition) is 4. The summed E-state index contributed by atoms with van der Waals surface area (Å²) in [6, 6.07) is 1.87. The Morgan fingerprint density at radius 2 is 0.860 bits per heavy atom. The maximum absolute atomic E-state index is 13.9. The van der Waals surface area contributed by atoms with Crippen molar-refractivity contribution in [3.8, 4) is 11.8 Å². The van der Waals surface area contributed by atoms with E-state index in [1.165, 1.54) is 0 Å². The van der Waals surface area contributed by atoms with E-state index in [0.717, 1.165) is 44.2 Å². The highest BCUT2D eigenvalue weighted by molar-refractivity contribution is 5.16. The Labute approximate surface area is 231 Å². The molecular formula is C22H23F17N2O2. The van der Waals surface area contributed by atoms with E-state index in [9.17, 15) is 74.6 Å². The summed E-state index contributed by atoms with van der Waals surface area (Å²) in [5.74, 6) is -57.5. The fourth-order valence-electron chi connectivity index (χ4n) is 3.16. The molecule has 0 unspecified atom stereocenters. The van der Waals surface area contributed by atoms with Crippen molar-refractivity contribution in [1.82, 2.24) is 10.2 Å². The van der Waals surface area contributed by atoms with Crippen LogP contribution in [0.15, 0.2) is 12.1 Å². The van der Waals surface area contributed by atoms with Gasteiger partial charge < -0.3 is 9.47 Å². The van der Waals surface area contributed by atoms with Gasteiger partial charge in [0.2, 0.25) is 11.8 Å². The molecule has 21 heteroatoms. The lowest BCUT2D eigenvalue weighted by molar-refractivity contribution is -0.461. The minimum atomic E-state index is -8.66. The molecule has 0 aliphatic rings. The van der Waals surface area contributed by atoms with Crippen LogP contribution in [0, 0.1) is 0 Å². The summed E-state index contributed by atoms with van der Waals surface area (Å²) in [6.07, 6.45) is -5.07. The molecule has 0 N–H and O–H groups in total. The molecule has 43 heavy (non-hydrogen) atoms. The van der Waals surface area contributed by atoms with Crippen LogP contribution in [0.2, 0.25) is 0 Å². The molecule has 4 nitrogen and oxygen atoms in total. The minimum absolute atomic E-state index is 0.131. The third kappa shape index (κ3) is 7.42. The van der Waals surface area contributed by atoms with E-state index in [4.69, 9.17) is 4.74 Å². The number of hydrogen-bond donors (Lipinski definition) is 0. The Kier molecular flexibility index (Phi) is 11.9. The number of halogens is 17. The largest absolute Gasteiger partial charge is 0.477 e. The van der Waals surface area contributed by atoms with E-state index in [1.807, 2.05) is 6.92 Å². The SMILES string of the molecule is CCCCCCCCOc1ccc(OCCC(F)(F)C(F)(F)C(F)(F)C(F)(F)C(F)(F)C(F)(F)C(F)(F)C(F)(F)F)nn1. The molecule has 0 saturated carbocycles. The first kappa shape index (κ1) is 38.5. The first-order valence-corrected chi connectivity index (χ1v) is 12.1. The van der Waals surface area contributed by atoms with Crippen LogP contribution in [-0.2, 0) is 0 Å². The summed E-state index contributed by atoms with van der Waals surface area (Å²) in [4.78, 5) is 0. The van der Waals surface area contributed by atoms with Gasteiger partial charge in [0.25, 0.3) is 0 Å². The van der Waals surface area contributed by atoms with Crippen molar-refractivity contribution >= 4 is 0 Å². The highest BCUT2D eigenvalue weighted by Crippen LogP contribution is 2.64. The Morgan fingerprint density at radius 3 is 1.28 bits per heavy atom. The van der Waals surface area contributed by atoms with Crippen LogP contribution < -0.4 is 9.47 Å². The predicted molar refractivity (Wildman–Crippen MR) is 112 cm³/mol. The molecule has 1 aromatic heterocycles. The smallest absolute Gasteiger partial charge is 0.460 e. The van der Waals surface area contributed by atoms with Crippen LogP contribution in [0.25, 0.3) is 0 Å². The van der Waals surface area contributed by atoms with Crippen molar-refractivity contribution in [2.75, 3.05) is 13.2 Å². The Morgan fingerprint density at radius 1 is 0.488 bits per heavy atom. The van der Waals surface area contributed by atoms with Crippen molar-refractivity contribution in [2.24, 2.45) is 0 Å². The first-order chi connectivity index (χ1) is 19.3. The Bertz CT molecular complexity index is 1010. The summed E-state index contributed by atoms with van der Waals surface area (Å²) in [7, 11) is 0. The molecule has 0 radical (unpaired) electrons. The molecule has 0 saturated heterocycles. The lowest BCUT2D eigenvalue weighted by atomic mass is 9.88. The van der Waals surface area contributed by atoms with Gasteiger partial charge in [-0.2, -0.15) is 74.6 Å². The summed E-state index contributed by atoms with van der Waals surface area (Å²) in [5, 5.41) is 6.65. The van der Waals surface area contributed by atoms with Gasteiger partial charge in [0.1, 0.15) is 0 Å². The first-order valence-electron chi connectivity index (χ1n) is 12.1. The van der Waals surface area contributed by atoms with Gasteiger partial charge >= 0.3 is 47.6 Å². The number of ether oxygens (including phenoxy) is 2. The molecule has 0 spiro atoms. The van der Waals surface area contributed by atoms with Crippen LogP contribution in [0.5, 0.6) is 11.8 Å². The summed E-state index contributed by atoms with van der Waals surface area (Å²) in [5.41, 5.74) is 0. The van der Waals surface area contributed by atoms with Crippen LogP contribution in [0.4, 0.5) is 74.6 Å². The second kappa shape index (κ2) is 13.2. The lowest BCUT2D eigenvalue weighted by Gasteiger charge is -2.42. The van der Waals surface area contributed by atoms with E-state index in [1.54, 1.807) is 0 Å². The molecule has 0 amide bonds. The molecule has 0 aliphatic carbocycles. The predicted octanol–water partition coefficient (Wildman–Crippen LogP) is 8.99. The Hall–Kier alpha value is -2.51. The van der Waals surface area contributed by atoms with Crippen LogP contribution >= 0.6 is 0 Å². The molecule has 0 atom stereocenters. The summed E-state index contributed by atoms with van der Waals surface area (Å²) >= 11 is 0. The van der Waals surface area contributed by atoms with Gasteiger partial charge in [0.15, 0.2) is 0 Å². The van der Waals surface area contributed by atoms with Gasteiger partial charge in [-0.3, -0.25) is 0 Å². The van der Waals surface area contributed by atoms with Crippen molar-refractivity contribution < 1.29 is 84.1 Å². The van der Waals surface area contributed by atoms with E-state index in [-0.39, 0.29) is 12.5 Å². The lowest BCUT2D eigenvalue weighted by Crippen LogP contribution is -2.74. The van der Waals surface area contributed by atoms with Gasteiger partial charge in [0, 0.05) is 12.1 Å². The summed E-state index contributed by atoms with van der Waals surface area (Å²) in [6.45, 7) is 0.393. The zero-order chi connectivity index (χ0) is 33.8. The zero-order valence-corrected chi connectivity index (χ0v) is 21.7. The molecular weight excluding hydrogens is 647 g/mol. The molecule has 1 aromatic rings. The van der Waals surface area contributed by atoms with Gasteiger partial charge in [-0.25, -0.2) is 0 Å². The number of aromatic nitrogens is 2. The molecule has 0 bridgehead atoms. The quantitative estimate of drug-likeness (QED) is 0.116. The zero-order valence-electron chi connectivity index (χ0n) is 21.7. The monoisotopic (exact) mass is 670 g/mol. The molecule has 0 fully saturated rings. The Balaban J connectivity index is 2.97. The molecule has 1 heterocycles. The number of unbranched alkanes of at least 4 members (excludes halogenated alkanes) is 5. The molecule has 1 rings (SSSR count). The van der Waals surface area contributed by atoms with Gasteiger partial charge in [-0.05, 0) is 6.42 Å². The number of rotatable bonds is 18. The van der Waals surface area contributed by atoms with E-state index >= 15 is 0 Å². The van der Waals surface area contributed by atoms with Gasteiger partial charge in [-0.1, -0.05) is 39.0 Å². The van der Waals surface area contributed by atoms with Gasteiger partial charge in [0.05, 0.1) is 19.6 Å². The topological polar surface area (TPSA) is 44.2 Å². The number of nitrogens with zero attached hydrogens (tertiary/aromatic N) is 2. The van der Waals surface area contributed by atoms with Crippen LogP contribution in [-0.4, -0.2) is 71.0 Å². The molecule has 252 valence electrons. The van der Waals surface area contributed by atoms with E-state index in [0.29, 0.717) is 6.42 Å². The third-order valence-electron chi connectivity index (χ3n) is 5.82. The molecule has 0 aromatic carbocycles. The normalized spacial score (nSPS) is 14.7. The van der Waals surface area contributed by atoms with E-state index in [2.05, 4.69) is 14.9 Å². The third-order valence-corrected chi connectivity index (χ3v) is 5.82. The highest BCUT2D eigenvalue weighted by atomic mass is 19.4. The van der Waals surface area contributed by atoms with Gasteiger partial charge in [-0.15, -0.1) is 10.2 Å².